The molecule has 1 aliphatic rings. The Morgan fingerprint density at radius 1 is 1.60 bits per heavy atom. The first-order valence-electron chi connectivity index (χ1n) is 4.90. The highest BCUT2D eigenvalue weighted by Crippen LogP contribution is 2.29. The molecule has 2 unspecified atom stereocenters. The summed E-state index contributed by atoms with van der Waals surface area (Å²) in [6, 6.07) is -0.797. The lowest BCUT2D eigenvalue weighted by Crippen LogP contribution is -2.50. The number of amides is 1. The Labute approximate surface area is 94.2 Å². The van der Waals surface area contributed by atoms with E-state index in [0.29, 0.717) is 6.54 Å². The Morgan fingerprint density at radius 3 is 2.40 bits per heavy atom. The van der Waals surface area contributed by atoms with E-state index >= 15 is 0 Å². The van der Waals surface area contributed by atoms with E-state index in [2.05, 4.69) is 0 Å². The van der Waals surface area contributed by atoms with Gasteiger partial charge in [-0.3, -0.25) is 4.79 Å². The largest absolute Gasteiger partial charge is 0.480 e. The average molecular weight is 234 g/mol. The van der Waals surface area contributed by atoms with Gasteiger partial charge < -0.3 is 10.0 Å². The summed E-state index contributed by atoms with van der Waals surface area (Å²) >= 11 is 5.85. The number of carboxylic acids is 1. The van der Waals surface area contributed by atoms with E-state index in [-0.39, 0.29) is 17.7 Å². The van der Waals surface area contributed by atoms with E-state index in [1.807, 2.05) is 0 Å². The number of halogens is 1. The van der Waals surface area contributed by atoms with Gasteiger partial charge in [-0.25, -0.2) is 4.79 Å². The number of nitrogens with zero attached hydrogens (tertiary/aromatic N) is 1. The van der Waals surface area contributed by atoms with Crippen LogP contribution in [0.2, 0.25) is 0 Å². The smallest absolute Gasteiger partial charge is 0.326 e. The highest BCUT2D eigenvalue weighted by Gasteiger charge is 2.43. The predicted octanol–water partition coefficient (Wildman–Crippen LogP) is 1.33. The Morgan fingerprint density at radius 2 is 2.13 bits per heavy atom. The predicted molar refractivity (Wildman–Crippen MR) is 56.8 cm³/mol. The second-order valence-corrected chi connectivity index (χ2v) is 5.57. The fourth-order valence-electron chi connectivity index (χ4n) is 1.91. The molecule has 1 rings (SSSR count). The highest BCUT2D eigenvalue weighted by atomic mass is 35.5. The van der Waals surface area contributed by atoms with Crippen LogP contribution in [0.4, 0.5) is 0 Å². The first-order chi connectivity index (χ1) is 6.73. The lowest BCUT2D eigenvalue weighted by Gasteiger charge is -2.34. The summed E-state index contributed by atoms with van der Waals surface area (Å²) in [7, 11) is 0. The van der Waals surface area contributed by atoms with Crippen LogP contribution in [-0.4, -0.2) is 39.8 Å². The number of rotatable bonds is 2. The Kier molecular flexibility index (Phi) is 3.28. The summed E-state index contributed by atoms with van der Waals surface area (Å²) in [6.45, 7) is 5.75. The van der Waals surface area contributed by atoms with Crippen molar-refractivity contribution in [3.63, 3.8) is 0 Å². The number of hydrogen-bond acceptors (Lipinski definition) is 2. The van der Waals surface area contributed by atoms with Gasteiger partial charge >= 0.3 is 5.97 Å². The molecule has 0 saturated carbocycles. The second kappa shape index (κ2) is 4.00. The standard InChI is InChI=1S/C10H16ClNO3/c1-10(2,3)8(9(14)15)12-5-6(11)4-7(12)13/h6,8H,4-5H2,1-3H3,(H,14,15). The lowest BCUT2D eigenvalue weighted by molar-refractivity contribution is -0.153. The van der Waals surface area contributed by atoms with Gasteiger partial charge in [-0.2, -0.15) is 0 Å². The summed E-state index contributed by atoms with van der Waals surface area (Å²) < 4.78 is 0. The summed E-state index contributed by atoms with van der Waals surface area (Å²) in [5, 5.41) is 8.87. The molecular weight excluding hydrogens is 218 g/mol. The topological polar surface area (TPSA) is 57.6 Å². The average Bonchev–Trinajstić information content (AvgIpc) is 2.26. The fraction of sp³-hybridized carbons (Fsp3) is 0.800. The number of aliphatic carboxylic acids is 1. The van der Waals surface area contributed by atoms with Crippen molar-refractivity contribution in [2.45, 2.75) is 38.6 Å². The van der Waals surface area contributed by atoms with Crippen LogP contribution in [-0.2, 0) is 9.59 Å². The van der Waals surface area contributed by atoms with Gasteiger partial charge in [0.1, 0.15) is 6.04 Å². The molecule has 0 aromatic carbocycles. The van der Waals surface area contributed by atoms with Crippen LogP contribution in [0, 0.1) is 5.41 Å². The van der Waals surface area contributed by atoms with Gasteiger partial charge in [0.2, 0.25) is 5.91 Å². The van der Waals surface area contributed by atoms with Gasteiger partial charge in [-0.1, -0.05) is 20.8 Å². The molecule has 1 fully saturated rings. The van der Waals surface area contributed by atoms with Gasteiger partial charge in [-0.05, 0) is 5.41 Å². The molecule has 0 aromatic heterocycles. The fourth-order valence-corrected chi connectivity index (χ4v) is 2.19. The third-order valence-corrected chi connectivity index (χ3v) is 2.77. The quantitative estimate of drug-likeness (QED) is 0.732. The first-order valence-corrected chi connectivity index (χ1v) is 5.33. The SMILES string of the molecule is CC(C)(C)C(C(=O)O)N1CC(Cl)CC1=O. The van der Waals surface area contributed by atoms with Gasteiger partial charge in [-0.15, -0.1) is 11.6 Å². The second-order valence-electron chi connectivity index (χ2n) is 4.95. The summed E-state index contributed by atoms with van der Waals surface area (Å²) in [4.78, 5) is 24.1. The molecule has 0 radical (unpaired) electrons. The number of alkyl halides is 1. The summed E-state index contributed by atoms with van der Waals surface area (Å²) in [6.07, 6.45) is 0.238. The number of likely N-dealkylation sites (tertiary alicyclic amines) is 1. The molecule has 1 amide bonds. The number of carbonyl (C=O) groups excluding carboxylic acids is 1. The molecule has 4 nitrogen and oxygen atoms in total. The van der Waals surface area contributed by atoms with Crippen molar-refractivity contribution in [3.05, 3.63) is 0 Å². The third-order valence-electron chi connectivity index (χ3n) is 2.48. The van der Waals surface area contributed by atoms with Crippen LogP contribution in [0.15, 0.2) is 0 Å². The minimum absolute atomic E-state index is 0.169. The molecule has 1 heterocycles. The Hall–Kier alpha value is -0.770. The number of carboxylic acid groups (broad SMARTS) is 1. The van der Waals surface area contributed by atoms with Gasteiger partial charge in [0, 0.05) is 13.0 Å². The molecule has 15 heavy (non-hydrogen) atoms. The molecular formula is C10H16ClNO3. The molecule has 0 aliphatic carbocycles. The van der Waals surface area contributed by atoms with E-state index in [9.17, 15) is 9.59 Å². The van der Waals surface area contributed by atoms with Crippen molar-refractivity contribution in [1.82, 2.24) is 4.90 Å². The van der Waals surface area contributed by atoms with Crippen molar-refractivity contribution in [1.29, 1.82) is 0 Å². The minimum atomic E-state index is -0.971. The molecule has 5 heteroatoms. The number of carbonyl (C=O) groups is 2. The van der Waals surface area contributed by atoms with E-state index < -0.39 is 17.4 Å². The number of hydrogen-bond donors (Lipinski definition) is 1. The Balaban J connectivity index is 2.91. The normalized spacial score (nSPS) is 24.4. The maximum Gasteiger partial charge on any atom is 0.326 e. The summed E-state index contributed by atoms with van der Waals surface area (Å²) in [5.41, 5.74) is -0.484. The van der Waals surface area contributed by atoms with Crippen LogP contribution >= 0.6 is 11.6 Å². The van der Waals surface area contributed by atoms with E-state index in [4.69, 9.17) is 16.7 Å². The van der Waals surface area contributed by atoms with Crippen LogP contribution in [0.1, 0.15) is 27.2 Å². The molecule has 0 spiro atoms. The maximum atomic E-state index is 11.6. The molecule has 1 saturated heterocycles. The molecule has 86 valence electrons. The van der Waals surface area contributed by atoms with E-state index in [1.54, 1.807) is 20.8 Å². The monoisotopic (exact) mass is 233 g/mol. The van der Waals surface area contributed by atoms with Crippen LogP contribution in [0.5, 0.6) is 0 Å². The van der Waals surface area contributed by atoms with Crippen molar-refractivity contribution in [3.8, 4) is 0 Å². The van der Waals surface area contributed by atoms with Gasteiger partial charge in [0.15, 0.2) is 0 Å². The van der Waals surface area contributed by atoms with Crippen molar-refractivity contribution in [2.75, 3.05) is 6.54 Å². The van der Waals surface area contributed by atoms with Crippen LogP contribution in [0.3, 0.4) is 0 Å². The molecule has 0 bridgehead atoms. The van der Waals surface area contributed by atoms with Crippen molar-refractivity contribution in [2.24, 2.45) is 5.41 Å². The minimum Gasteiger partial charge on any atom is -0.480 e. The molecule has 2 atom stereocenters. The zero-order valence-electron chi connectivity index (χ0n) is 9.16. The molecule has 0 aromatic rings. The summed E-state index contributed by atoms with van der Waals surface area (Å²) in [5.74, 6) is -1.14. The zero-order valence-corrected chi connectivity index (χ0v) is 9.91. The van der Waals surface area contributed by atoms with E-state index in [1.165, 1.54) is 4.90 Å². The first kappa shape index (κ1) is 12.3. The van der Waals surface area contributed by atoms with Crippen LogP contribution in [0.25, 0.3) is 0 Å². The maximum absolute atomic E-state index is 11.6. The third kappa shape index (κ3) is 2.62. The zero-order chi connectivity index (χ0) is 11.8. The van der Waals surface area contributed by atoms with E-state index in [0.717, 1.165) is 0 Å². The highest BCUT2D eigenvalue weighted by molar-refractivity contribution is 6.22. The molecule has 1 N–H and O–H groups in total. The van der Waals surface area contributed by atoms with Crippen molar-refractivity contribution >= 4 is 23.5 Å². The Bertz CT molecular complexity index is 285. The lowest BCUT2D eigenvalue weighted by atomic mass is 9.86. The van der Waals surface area contributed by atoms with Crippen molar-refractivity contribution < 1.29 is 14.7 Å². The van der Waals surface area contributed by atoms with Gasteiger partial charge in [0.25, 0.3) is 0 Å². The van der Waals surface area contributed by atoms with Crippen LogP contribution < -0.4 is 0 Å². The van der Waals surface area contributed by atoms with Gasteiger partial charge in [0.05, 0.1) is 5.38 Å². The molecule has 1 aliphatic heterocycles.